The van der Waals surface area contributed by atoms with Gasteiger partial charge in [-0.3, -0.25) is 0 Å². The van der Waals surface area contributed by atoms with Crippen molar-refractivity contribution in [2.24, 2.45) is 0 Å². The molecule has 7 heteroatoms. The summed E-state index contributed by atoms with van der Waals surface area (Å²) in [5.41, 5.74) is 2.75. The van der Waals surface area contributed by atoms with Crippen LogP contribution in [0.25, 0.3) is 11.5 Å². The Morgan fingerprint density at radius 2 is 1.59 bits per heavy atom. The first-order valence-corrected chi connectivity index (χ1v) is 11.6. The molecule has 2 aromatic carbocycles. The maximum atomic E-state index is 10.7. The number of aliphatic hydroxyl groups excluding tert-OH is 2. The van der Waals surface area contributed by atoms with E-state index in [2.05, 4.69) is 4.98 Å². The van der Waals surface area contributed by atoms with Gasteiger partial charge in [0.2, 0.25) is 5.89 Å². The number of aromatic nitrogens is 1. The minimum Gasteiger partial charge on any atom is -0.497 e. The summed E-state index contributed by atoms with van der Waals surface area (Å²) in [5, 5.41) is 26.6. The van der Waals surface area contributed by atoms with E-state index in [0.29, 0.717) is 28.5 Å². The number of hydrogen-bond donors (Lipinski definition) is 3. The SMILES string of the molecule is C1CCCCC1.COc1cccc(-c2nc(CO)c(C)o2)c1.Cc1cccc(CO)c1C(=O)O. The van der Waals surface area contributed by atoms with E-state index in [1.54, 1.807) is 39.2 Å². The van der Waals surface area contributed by atoms with Crippen LogP contribution in [-0.2, 0) is 13.2 Å². The summed E-state index contributed by atoms with van der Waals surface area (Å²) in [6.45, 7) is 3.15. The molecule has 0 aliphatic heterocycles. The Hall–Kier alpha value is -3.16. The van der Waals surface area contributed by atoms with Gasteiger partial charge in [-0.1, -0.05) is 62.8 Å². The van der Waals surface area contributed by atoms with Crippen molar-refractivity contribution < 1.29 is 29.3 Å². The molecule has 1 heterocycles. The van der Waals surface area contributed by atoms with Gasteiger partial charge in [0, 0.05) is 5.56 Å². The monoisotopic (exact) mass is 469 g/mol. The summed E-state index contributed by atoms with van der Waals surface area (Å²) in [5.74, 6) is 0.900. The number of carboxylic acids is 1. The van der Waals surface area contributed by atoms with Crippen LogP contribution in [0.1, 0.15) is 71.5 Å². The van der Waals surface area contributed by atoms with E-state index in [9.17, 15) is 4.79 Å². The van der Waals surface area contributed by atoms with E-state index in [4.69, 9.17) is 24.5 Å². The fraction of sp³-hybridized carbons (Fsp3) is 0.407. The van der Waals surface area contributed by atoms with E-state index in [1.807, 2.05) is 24.3 Å². The van der Waals surface area contributed by atoms with Gasteiger partial charge in [0.15, 0.2) is 0 Å². The van der Waals surface area contributed by atoms with Crippen molar-refractivity contribution in [3.05, 3.63) is 70.6 Å². The number of ether oxygens (including phenoxy) is 1. The number of aliphatic hydroxyl groups is 2. The first kappa shape index (κ1) is 27.1. The van der Waals surface area contributed by atoms with E-state index in [1.165, 1.54) is 38.5 Å². The van der Waals surface area contributed by atoms with Crippen molar-refractivity contribution in [1.29, 1.82) is 0 Å². The zero-order chi connectivity index (χ0) is 24.9. The largest absolute Gasteiger partial charge is 0.497 e. The first-order valence-electron chi connectivity index (χ1n) is 11.6. The first-order chi connectivity index (χ1) is 16.4. The van der Waals surface area contributed by atoms with Crippen LogP contribution in [0.3, 0.4) is 0 Å². The minimum atomic E-state index is -0.989. The number of carbonyl (C=O) groups is 1. The van der Waals surface area contributed by atoms with Crippen molar-refractivity contribution in [1.82, 2.24) is 4.98 Å². The zero-order valence-electron chi connectivity index (χ0n) is 20.2. The van der Waals surface area contributed by atoms with Gasteiger partial charge in [-0.25, -0.2) is 9.78 Å². The van der Waals surface area contributed by atoms with E-state index >= 15 is 0 Å². The molecule has 0 amide bonds. The summed E-state index contributed by atoms with van der Waals surface area (Å²) in [6.07, 6.45) is 9.00. The quantitative estimate of drug-likeness (QED) is 0.441. The highest BCUT2D eigenvalue weighted by atomic mass is 16.5. The number of methoxy groups -OCH3 is 1. The van der Waals surface area contributed by atoms with Crippen LogP contribution < -0.4 is 4.74 Å². The molecule has 34 heavy (non-hydrogen) atoms. The molecule has 1 saturated carbocycles. The van der Waals surface area contributed by atoms with Gasteiger partial charge in [-0.15, -0.1) is 0 Å². The standard InChI is InChI=1S/C12H13NO3.C9H10O3.C6H12/c1-8-11(7-14)13-12(16-8)9-4-3-5-10(6-9)15-2;1-6-3-2-4-7(5-10)8(6)9(11)12;1-2-4-6-5-3-1/h3-6,14H,7H2,1-2H3;2-4,10H,5H2,1H3,(H,11,12);1-6H2. The second-order valence-electron chi connectivity index (χ2n) is 8.11. The number of aromatic carboxylic acids is 1. The Bertz CT molecular complexity index is 1030. The van der Waals surface area contributed by atoms with E-state index in [-0.39, 0.29) is 18.8 Å². The topological polar surface area (TPSA) is 113 Å². The molecule has 0 saturated heterocycles. The summed E-state index contributed by atoms with van der Waals surface area (Å²) in [6, 6.07) is 12.5. The third-order valence-corrected chi connectivity index (χ3v) is 5.60. The van der Waals surface area contributed by atoms with Crippen LogP contribution in [0.4, 0.5) is 0 Å². The molecular weight excluding hydrogens is 434 g/mol. The van der Waals surface area contributed by atoms with Crippen LogP contribution in [0.15, 0.2) is 46.9 Å². The number of aryl methyl sites for hydroxylation is 2. The molecule has 184 valence electrons. The average Bonchev–Trinajstić information content (AvgIpc) is 3.26. The maximum Gasteiger partial charge on any atom is 0.336 e. The van der Waals surface area contributed by atoms with E-state index in [0.717, 1.165) is 11.3 Å². The van der Waals surface area contributed by atoms with Gasteiger partial charge in [0.05, 0.1) is 25.9 Å². The van der Waals surface area contributed by atoms with Crippen molar-refractivity contribution in [2.45, 2.75) is 65.6 Å². The van der Waals surface area contributed by atoms with Crippen LogP contribution >= 0.6 is 0 Å². The molecule has 7 nitrogen and oxygen atoms in total. The molecule has 0 unspecified atom stereocenters. The number of oxazole rings is 1. The molecule has 3 N–H and O–H groups in total. The molecule has 1 aromatic heterocycles. The number of benzene rings is 2. The zero-order valence-corrected chi connectivity index (χ0v) is 20.2. The summed E-state index contributed by atoms with van der Waals surface area (Å²) in [4.78, 5) is 14.9. The molecule has 0 radical (unpaired) electrons. The molecule has 0 atom stereocenters. The van der Waals surface area contributed by atoms with Crippen molar-refractivity contribution >= 4 is 5.97 Å². The van der Waals surface area contributed by atoms with Crippen molar-refractivity contribution in [3.8, 4) is 17.2 Å². The smallest absolute Gasteiger partial charge is 0.336 e. The molecule has 0 bridgehead atoms. The summed E-state index contributed by atoms with van der Waals surface area (Å²) in [7, 11) is 1.61. The third-order valence-electron chi connectivity index (χ3n) is 5.60. The van der Waals surface area contributed by atoms with Gasteiger partial charge in [-0.2, -0.15) is 0 Å². The summed E-state index contributed by atoms with van der Waals surface area (Å²) >= 11 is 0. The highest BCUT2D eigenvalue weighted by molar-refractivity contribution is 5.91. The molecular formula is C27H35NO6. The molecule has 3 aromatic rings. The Labute approximate surface area is 201 Å². The third kappa shape index (κ3) is 8.01. The van der Waals surface area contributed by atoms with Gasteiger partial charge in [0.25, 0.3) is 0 Å². The van der Waals surface area contributed by atoms with Gasteiger partial charge >= 0.3 is 5.97 Å². The highest BCUT2D eigenvalue weighted by Crippen LogP contribution is 2.25. The van der Waals surface area contributed by atoms with Crippen LogP contribution in [0.5, 0.6) is 5.75 Å². The molecule has 1 aliphatic carbocycles. The average molecular weight is 470 g/mol. The Morgan fingerprint density at radius 3 is 2.06 bits per heavy atom. The fourth-order valence-electron chi connectivity index (χ4n) is 3.68. The van der Waals surface area contributed by atoms with E-state index < -0.39 is 5.97 Å². The second kappa shape index (κ2) is 14.2. The predicted octanol–water partition coefficient (Wildman–Crippen LogP) is 5.68. The Balaban J connectivity index is 0.000000199. The van der Waals surface area contributed by atoms with Crippen LogP contribution in [-0.4, -0.2) is 33.4 Å². The predicted molar refractivity (Wildman–Crippen MR) is 131 cm³/mol. The van der Waals surface area contributed by atoms with Crippen molar-refractivity contribution in [3.63, 3.8) is 0 Å². The maximum absolute atomic E-state index is 10.7. The number of hydrogen-bond acceptors (Lipinski definition) is 6. The summed E-state index contributed by atoms with van der Waals surface area (Å²) < 4.78 is 10.6. The Morgan fingerprint density at radius 1 is 0.971 bits per heavy atom. The Kier molecular flexibility index (Phi) is 11.3. The lowest BCUT2D eigenvalue weighted by molar-refractivity contribution is 0.0692. The lowest BCUT2D eigenvalue weighted by Gasteiger charge is -2.05. The number of nitrogens with zero attached hydrogens (tertiary/aromatic N) is 1. The second-order valence-corrected chi connectivity index (χ2v) is 8.11. The molecule has 4 rings (SSSR count). The van der Waals surface area contributed by atoms with Gasteiger partial charge in [0.1, 0.15) is 17.2 Å². The molecule has 1 fully saturated rings. The van der Waals surface area contributed by atoms with Crippen molar-refractivity contribution in [2.75, 3.05) is 7.11 Å². The van der Waals surface area contributed by atoms with Gasteiger partial charge < -0.3 is 24.5 Å². The fourth-order valence-corrected chi connectivity index (χ4v) is 3.68. The highest BCUT2D eigenvalue weighted by Gasteiger charge is 2.12. The molecule has 1 aliphatic rings. The van der Waals surface area contributed by atoms with Crippen LogP contribution in [0.2, 0.25) is 0 Å². The lowest BCUT2D eigenvalue weighted by Crippen LogP contribution is -2.04. The lowest BCUT2D eigenvalue weighted by atomic mass is 10.0. The molecule has 0 spiro atoms. The normalized spacial score (nSPS) is 12.6. The van der Waals surface area contributed by atoms with Gasteiger partial charge in [-0.05, 0) is 43.2 Å². The van der Waals surface area contributed by atoms with Crippen LogP contribution in [0, 0.1) is 13.8 Å². The number of rotatable bonds is 5. The number of carboxylic acid groups (broad SMARTS) is 1. The minimum absolute atomic E-state index is 0.112.